The van der Waals surface area contributed by atoms with Crippen molar-refractivity contribution in [2.75, 3.05) is 12.4 Å². The molecule has 0 saturated heterocycles. The van der Waals surface area contributed by atoms with Gasteiger partial charge < -0.3 is 14.8 Å². The summed E-state index contributed by atoms with van der Waals surface area (Å²) >= 11 is 0. The second kappa shape index (κ2) is 9.18. The number of hydrogen-bond acceptors (Lipinski definition) is 4. The number of hydrogen-bond donors (Lipinski definition) is 1. The lowest BCUT2D eigenvalue weighted by Gasteiger charge is -2.12. The predicted molar refractivity (Wildman–Crippen MR) is 119 cm³/mol. The van der Waals surface area contributed by atoms with Crippen LogP contribution in [0.1, 0.15) is 10.4 Å². The highest BCUT2D eigenvalue weighted by Crippen LogP contribution is 2.24. The average molecular weight is 430 g/mol. The summed E-state index contributed by atoms with van der Waals surface area (Å²) < 4.78 is 25.7. The number of anilines is 1. The van der Waals surface area contributed by atoms with E-state index in [9.17, 15) is 14.0 Å². The molecule has 6 nitrogen and oxygen atoms in total. The zero-order valence-corrected chi connectivity index (χ0v) is 17.1. The van der Waals surface area contributed by atoms with Crippen molar-refractivity contribution in [3.8, 4) is 22.9 Å². The molecule has 7 heteroatoms. The number of methoxy groups -OCH3 is 1. The zero-order chi connectivity index (χ0) is 22.5. The number of pyridine rings is 1. The summed E-state index contributed by atoms with van der Waals surface area (Å²) in [5.74, 6) is 0.429. The molecule has 1 N–H and O–H groups in total. The van der Waals surface area contributed by atoms with E-state index in [2.05, 4.69) is 5.32 Å². The number of nitrogens with one attached hydrogen (secondary N) is 1. The molecule has 0 aliphatic carbocycles. The van der Waals surface area contributed by atoms with Gasteiger partial charge in [0.25, 0.3) is 11.5 Å². The van der Waals surface area contributed by atoms with Crippen molar-refractivity contribution < 1.29 is 18.7 Å². The molecule has 0 saturated carbocycles. The third-order valence-corrected chi connectivity index (χ3v) is 4.68. The zero-order valence-electron chi connectivity index (χ0n) is 17.1. The lowest BCUT2D eigenvalue weighted by Crippen LogP contribution is -2.28. The molecule has 1 amide bonds. The molecule has 0 bridgehead atoms. The fourth-order valence-corrected chi connectivity index (χ4v) is 3.14. The molecule has 0 atom stereocenters. The van der Waals surface area contributed by atoms with Crippen LogP contribution in [0.2, 0.25) is 0 Å². The van der Waals surface area contributed by atoms with Gasteiger partial charge in [-0.2, -0.15) is 0 Å². The van der Waals surface area contributed by atoms with Gasteiger partial charge in [-0.3, -0.25) is 14.2 Å². The first-order valence-corrected chi connectivity index (χ1v) is 9.75. The predicted octanol–water partition coefficient (Wildman–Crippen LogP) is 5.03. The van der Waals surface area contributed by atoms with Gasteiger partial charge in [0.05, 0.1) is 12.8 Å². The second-order valence-electron chi connectivity index (χ2n) is 6.81. The largest absolute Gasteiger partial charge is 0.494 e. The third kappa shape index (κ3) is 4.52. The minimum Gasteiger partial charge on any atom is -0.494 e. The van der Waals surface area contributed by atoms with Crippen LogP contribution >= 0.6 is 0 Å². The van der Waals surface area contributed by atoms with Crippen molar-refractivity contribution in [3.63, 3.8) is 0 Å². The number of aromatic nitrogens is 1. The van der Waals surface area contributed by atoms with Crippen LogP contribution in [-0.4, -0.2) is 17.6 Å². The van der Waals surface area contributed by atoms with Crippen molar-refractivity contribution in [1.82, 2.24) is 4.57 Å². The molecule has 32 heavy (non-hydrogen) atoms. The Morgan fingerprint density at radius 1 is 0.906 bits per heavy atom. The number of ether oxygens (including phenoxy) is 2. The summed E-state index contributed by atoms with van der Waals surface area (Å²) in [6.07, 6.45) is 1.49. The molecule has 4 rings (SSSR count). The van der Waals surface area contributed by atoms with Crippen LogP contribution in [-0.2, 0) is 0 Å². The first-order chi connectivity index (χ1) is 15.5. The number of amides is 1. The molecule has 160 valence electrons. The van der Waals surface area contributed by atoms with E-state index >= 15 is 0 Å². The Kier molecular flexibility index (Phi) is 5.98. The number of carbonyl (C=O) groups excluding carboxylic acids is 1. The minimum atomic E-state index is -0.567. The van der Waals surface area contributed by atoms with Gasteiger partial charge in [0.1, 0.15) is 28.6 Å². The van der Waals surface area contributed by atoms with Gasteiger partial charge in [0.15, 0.2) is 0 Å². The van der Waals surface area contributed by atoms with Crippen LogP contribution in [0.15, 0.2) is 95.9 Å². The smallest absolute Gasteiger partial charge is 0.268 e. The Hall–Kier alpha value is -4.39. The topological polar surface area (TPSA) is 69.6 Å². The summed E-state index contributed by atoms with van der Waals surface area (Å²) in [7, 11) is 1.38. The van der Waals surface area contributed by atoms with Gasteiger partial charge in [-0.15, -0.1) is 0 Å². The van der Waals surface area contributed by atoms with Gasteiger partial charge in [0, 0.05) is 18.0 Å². The number of benzene rings is 3. The first-order valence-electron chi connectivity index (χ1n) is 9.75. The van der Waals surface area contributed by atoms with Crippen molar-refractivity contribution in [2.24, 2.45) is 0 Å². The van der Waals surface area contributed by atoms with E-state index in [0.29, 0.717) is 22.9 Å². The van der Waals surface area contributed by atoms with Crippen LogP contribution < -0.4 is 20.3 Å². The third-order valence-electron chi connectivity index (χ3n) is 4.68. The lowest BCUT2D eigenvalue weighted by molar-refractivity contribution is 0.102. The Morgan fingerprint density at radius 2 is 1.62 bits per heavy atom. The molecule has 0 fully saturated rings. The van der Waals surface area contributed by atoms with Gasteiger partial charge in [0.2, 0.25) is 0 Å². The first kappa shape index (κ1) is 20.9. The summed E-state index contributed by atoms with van der Waals surface area (Å²) in [5.41, 5.74) is 0.211. The Bertz CT molecular complexity index is 1300. The summed E-state index contributed by atoms with van der Waals surface area (Å²) in [6, 6.07) is 22.9. The lowest BCUT2D eigenvalue weighted by atomic mass is 10.2. The standard InChI is InChI=1S/C25H19FN2O4/c1-31-23-16-17(26)9-14-22(23)28-15-5-8-21(25(28)30)24(29)27-18-10-12-20(13-11-18)32-19-6-3-2-4-7-19/h2-16H,1H3,(H,27,29). The number of para-hydroxylation sites is 1. The normalized spacial score (nSPS) is 10.4. The van der Waals surface area contributed by atoms with Crippen molar-refractivity contribution >= 4 is 11.6 Å². The maximum atomic E-state index is 13.5. The second-order valence-corrected chi connectivity index (χ2v) is 6.81. The summed E-state index contributed by atoms with van der Waals surface area (Å²) in [4.78, 5) is 25.7. The maximum Gasteiger partial charge on any atom is 0.268 e. The summed E-state index contributed by atoms with van der Waals surface area (Å²) in [5, 5.41) is 2.71. The fraction of sp³-hybridized carbons (Fsp3) is 0.0400. The van der Waals surface area contributed by atoms with E-state index in [1.165, 1.54) is 42.1 Å². The molecule has 0 spiro atoms. The van der Waals surface area contributed by atoms with E-state index in [4.69, 9.17) is 9.47 Å². The number of nitrogens with zero attached hydrogens (tertiary/aromatic N) is 1. The van der Waals surface area contributed by atoms with Gasteiger partial charge in [-0.05, 0) is 60.7 Å². The molecule has 1 aromatic heterocycles. The minimum absolute atomic E-state index is 0.0662. The highest BCUT2D eigenvalue weighted by Gasteiger charge is 2.15. The molecule has 3 aromatic carbocycles. The van der Waals surface area contributed by atoms with E-state index in [-0.39, 0.29) is 11.3 Å². The van der Waals surface area contributed by atoms with Crippen molar-refractivity contribution in [2.45, 2.75) is 0 Å². The number of carbonyl (C=O) groups is 1. The van der Waals surface area contributed by atoms with Crippen LogP contribution in [0.3, 0.4) is 0 Å². The van der Waals surface area contributed by atoms with Crippen LogP contribution in [0.25, 0.3) is 5.69 Å². The van der Waals surface area contributed by atoms with E-state index in [1.54, 1.807) is 30.3 Å². The van der Waals surface area contributed by atoms with Gasteiger partial charge >= 0.3 is 0 Å². The van der Waals surface area contributed by atoms with Crippen LogP contribution in [0, 0.1) is 5.82 Å². The number of rotatable bonds is 6. The highest BCUT2D eigenvalue weighted by atomic mass is 19.1. The quantitative estimate of drug-likeness (QED) is 0.466. The average Bonchev–Trinajstić information content (AvgIpc) is 2.81. The van der Waals surface area contributed by atoms with Crippen LogP contribution in [0.5, 0.6) is 17.2 Å². The van der Waals surface area contributed by atoms with E-state index < -0.39 is 17.3 Å². The molecule has 4 aromatic rings. The highest BCUT2D eigenvalue weighted by molar-refractivity contribution is 6.04. The molecule has 1 heterocycles. The maximum absolute atomic E-state index is 13.5. The monoisotopic (exact) mass is 430 g/mol. The van der Waals surface area contributed by atoms with Crippen molar-refractivity contribution in [3.05, 3.63) is 113 Å². The van der Waals surface area contributed by atoms with Crippen molar-refractivity contribution in [1.29, 1.82) is 0 Å². The van der Waals surface area contributed by atoms with E-state index in [0.717, 1.165) is 0 Å². The molecule has 0 radical (unpaired) electrons. The Balaban J connectivity index is 1.54. The van der Waals surface area contributed by atoms with E-state index in [1.807, 2.05) is 30.3 Å². The van der Waals surface area contributed by atoms with Gasteiger partial charge in [-0.1, -0.05) is 18.2 Å². The SMILES string of the molecule is COc1cc(F)ccc1-n1cccc(C(=O)Nc2ccc(Oc3ccccc3)cc2)c1=O. The molecule has 0 unspecified atom stereocenters. The molecule has 0 aliphatic rings. The van der Waals surface area contributed by atoms with Gasteiger partial charge in [-0.25, -0.2) is 4.39 Å². The fourth-order valence-electron chi connectivity index (χ4n) is 3.14. The molecular formula is C25H19FN2O4. The Morgan fingerprint density at radius 3 is 2.34 bits per heavy atom. The molecular weight excluding hydrogens is 411 g/mol. The Labute approximate surface area is 183 Å². The molecule has 0 aliphatic heterocycles. The van der Waals surface area contributed by atoms with Crippen LogP contribution in [0.4, 0.5) is 10.1 Å². The summed E-state index contributed by atoms with van der Waals surface area (Å²) in [6.45, 7) is 0. The number of halogens is 1.